The molecular weight excluding hydrogens is 295 g/mol. The lowest BCUT2D eigenvalue weighted by Gasteiger charge is -2.27. The molecule has 0 spiro atoms. The number of likely N-dealkylation sites (tertiary alicyclic amines) is 1. The Morgan fingerprint density at radius 1 is 1.38 bits per heavy atom. The van der Waals surface area contributed by atoms with Crippen molar-refractivity contribution < 1.29 is 27.9 Å². The van der Waals surface area contributed by atoms with E-state index in [9.17, 15) is 22.8 Å². The summed E-state index contributed by atoms with van der Waals surface area (Å²) in [7, 11) is 0. The third-order valence-corrected chi connectivity index (χ3v) is 3.21. The number of rotatable bonds is 2. The fourth-order valence-corrected chi connectivity index (χ4v) is 1.99. The molecule has 1 saturated heterocycles. The first-order valence-corrected chi connectivity index (χ1v) is 5.76. The minimum Gasteiger partial charge on any atom is -0.481 e. The van der Waals surface area contributed by atoms with Crippen molar-refractivity contribution in [2.75, 3.05) is 18.4 Å². The molecule has 21 heavy (non-hydrogen) atoms. The van der Waals surface area contributed by atoms with Crippen LogP contribution in [-0.4, -0.2) is 56.5 Å². The van der Waals surface area contributed by atoms with Gasteiger partial charge in [-0.15, -0.1) is 5.10 Å². The Hall–Kier alpha value is -2.46. The van der Waals surface area contributed by atoms with Gasteiger partial charge in [0.15, 0.2) is 5.41 Å². The number of nitrogens with one attached hydrogen (secondary N) is 1. The van der Waals surface area contributed by atoms with E-state index in [1.807, 2.05) is 0 Å². The SMILES string of the molecule is O=C(Nc1nccnn1)N1CCC(C(=O)O)(C(F)(F)F)C1. The number of hydrogen-bond acceptors (Lipinski definition) is 5. The molecule has 0 bridgehead atoms. The summed E-state index contributed by atoms with van der Waals surface area (Å²) in [5.74, 6) is -2.18. The van der Waals surface area contributed by atoms with E-state index >= 15 is 0 Å². The molecular formula is C10H10F3N5O3. The number of carboxylic acids is 1. The first-order valence-electron chi connectivity index (χ1n) is 5.76. The molecule has 2 rings (SSSR count). The highest BCUT2D eigenvalue weighted by atomic mass is 19.4. The Bertz CT molecular complexity index is 553. The van der Waals surface area contributed by atoms with Crippen LogP contribution in [0.2, 0.25) is 0 Å². The first kappa shape index (κ1) is 14.9. The highest BCUT2D eigenvalue weighted by Crippen LogP contribution is 2.45. The van der Waals surface area contributed by atoms with Crippen molar-refractivity contribution in [3.63, 3.8) is 0 Å². The number of amides is 2. The molecule has 1 atom stereocenters. The van der Waals surface area contributed by atoms with Gasteiger partial charge in [0.05, 0.1) is 12.4 Å². The summed E-state index contributed by atoms with van der Waals surface area (Å²) in [6, 6.07) is -0.907. The number of anilines is 1. The standard InChI is InChI=1S/C10H10F3N5O3/c11-10(12,13)9(6(19)20)1-4-18(5-9)8(21)16-7-14-2-3-15-17-7/h2-3H,1,4-5H2,(H,19,20)(H,14,16,17,21). The summed E-state index contributed by atoms with van der Waals surface area (Å²) in [6.45, 7) is -1.30. The van der Waals surface area contributed by atoms with E-state index in [0.717, 1.165) is 4.90 Å². The number of urea groups is 1. The molecule has 2 heterocycles. The monoisotopic (exact) mass is 305 g/mol. The van der Waals surface area contributed by atoms with Crippen molar-refractivity contribution in [2.45, 2.75) is 12.6 Å². The van der Waals surface area contributed by atoms with Gasteiger partial charge in [0, 0.05) is 13.1 Å². The highest BCUT2D eigenvalue weighted by Gasteiger charge is 2.64. The normalized spacial score (nSPS) is 22.1. The van der Waals surface area contributed by atoms with Gasteiger partial charge >= 0.3 is 18.2 Å². The molecule has 11 heteroatoms. The van der Waals surface area contributed by atoms with Crippen LogP contribution in [0.15, 0.2) is 12.4 Å². The van der Waals surface area contributed by atoms with Gasteiger partial charge in [-0.2, -0.15) is 18.3 Å². The molecule has 1 unspecified atom stereocenters. The van der Waals surface area contributed by atoms with Crippen molar-refractivity contribution in [3.05, 3.63) is 12.4 Å². The molecule has 8 nitrogen and oxygen atoms in total. The summed E-state index contributed by atoms with van der Waals surface area (Å²) in [5, 5.41) is 17.9. The molecule has 1 aromatic heterocycles. The van der Waals surface area contributed by atoms with Crippen LogP contribution in [0.25, 0.3) is 0 Å². The van der Waals surface area contributed by atoms with Crippen molar-refractivity contribution in [1.29, 1.82) is 0 Å². The van der Waals surface area contributed by atoms with E-state index in [1.54, 1.807) is 0 Å². The minimum absolute atomic E-state index is 0.178. The number of carbonyl (C=O) groups is 2. The molecule has 1 fully saturated rings. The van der Waals surface area contributed by atoms with E-state index in [4.69, 9.17) is 5.11 Å². The second kappa shape index (κ2) is 5.14. The molecule has 0 saturated carbocycles. The van der Waals surface area contributed by atoms with Crippen molar-refractivity contribution >= 4 is 17.9 Å². The number of halogens is 3. The van der Waals surface area contributed by atoms with E-state index in [2.05, 4.69) is 20.5 Å². The van der Waals surface area contributed by atoms with E-state index in [1.165, 1.54) is 12.4 Å². The summed E-state index contributed by atoms with van der Waals surface area (Å²) in [6.07, 6.45) is -3.15. The molecule has 0 aliphatic carbocycles. The van der Waals surface area contributed by atoms with Gasteiger partial charge in [0.1, 0.15) is 0 Å². The molecule has 114 valence electrons. The smallest absolute Gasteiger partial charge is 0.406 e. The topological polar surface area (TPSA) is 108 Å². The zero-order valence-electron chi connectivity index (χ0n) is 10.5. The quantitative estimate of drug-likeness (QED) is 0.834. The van der Waals surface area contributed by atoms with Crippen LogP contribution in [0.4, 0.5) is 23.9 Å². The zero-order valence-corrected chi connectivity index (χ0v) is 10.5. The van der Waals surface area contributed by atoms with Crippen LogP contribution in [0.3, 0.4) is 0 Å². The fourth-order valence-electron chi connectivity index (χ4n) is 1.99. The van der Waals surface area contributed by atoms with Gasteiger partial charge in [-0.25, -0.2) is 9.78 Å². The van der Waals surface area contributed by atoms with E-state index < -0.39 is 36.6 Å². The summed E-state index contributed by atoms with van der Waals surface area (Å²) < 4.78 is 38.9. The average molecular weight is 305 g/mol. The molecule has 1 aromatic rings. The number of aromatic nitrogens is 3. The largest absolute Gasteiger partial charge is 0.481 e. The second-order valence-electron chi connectivity index (χ2n) is 4.45. The van der Waals surface area contributed by atoms with Crippen molar-refractivity contribution in [1.82, 2.24) is 20.1 Å². The van der Waals surface area contributed by atoms with Crippen LogP contribution in [0.1, 0.15) is 6.42 Å². The number of alkyl halides is 3. The third kappa shape index (κ3) is 2.71. The predicted octanol–water partition coefficient (Wildman–Crippen LogP) is 0.742. The number of carboxylic acid groups (broad SMARTS) is 1. The number of hydrogen-bond donors (Lipinski definition) is 2. The van der Waals surface area contributed by atoms with E-state index in [-0.39, 0.29) is 12.5 Å². The average Bonchev–Trinajstić information content (AvgIpc) is 2.86. The Balaban J connectivity index is 2.11. The maximum atomic E-state index is 13.0. The van der Waals surface area contributed by atoms with Gasteiger partial charge in [-0.05, 0) is 6.42 Å². The van der Waals surface area contributed by atoms with E-state index in [0.29, 0.717) is 0 Å². The van der Waals surface area contributed by atoms with Crippen LogP contribution in [0.5, 0.6) is 0 Å². The predicted molar refractivity (Wildman–Crippen MR) is 61.2 cm³/mol. The van der Waals surface area contributed by atoms with Gasteiger partial charge in [0.25, 0.3) is 5.95 Å². The maximum Gasteiger partial charge on any atom is 0.406 e. The van der Waals surface area contributed by atoms with Gasteiger partial charge < -0.3 is 10.0 Å². The Morgan fingerprint density at radius 3 is 2.57 bits per heavy atom. The van der Waals surface area contributed by atoms with Crippen molar-refractivity contribution in [3.8, 4) is 0 Å². The number of aliphatic carboxylic acids is 1. The third-order valence-electron chi connectivity index (χ3n) is 3.21. The minimum atomic E-state index is -4.95. The molecule has 2 amide bonds. The summed E-state index contributed by atoms with van der Waals surface area (Å²) in [5.41, 5.74) is -2.94. The highest BCUT2D eigenvalue weighted by molar-refractivity contribution is 5.88. The maximum absolute atomic E-state index is 13.0. The molecule has 1 aliphatic rings. The Morgan fingerprint density at radius 2 is 2.10 bits per heavy atom. The Kier molecular flexibility index (Phi) is 3.66. The van der Waals surface area contributed by atoms with Crippen LogP contribution in [-0.2, 0) is 4.79 Å². The first-order chi connectivity index (χ1) is 9.76. The Labute approximate surface area is 116 Å². The van der Waals surface area contributed by atoms with Crippen LogP contribution < -0.4 is 5.32 Å². The lowest BCUT2D eigenvalue weighted by Crippen LogP contribution is -2.48. The number of nitrogens with zero attached hydrogens (tertiary/aromatic N) is 4. The zero-order chi connectivity index (χ0) is 15.7. The van der Waals surface area contributed by atoms with Crippen molar-refractivity contribution in [2.24, 2.45) is 5.41 Å². The van der Waals surface area contributed by atoms with Gasteiger partial charge in [0.2, 0.25) is 0 Å². The van der Waals surface area contributed by atoms with Crippen LogP contribution in [0, 0.1) is 5.41 Å². The van der Waals surface area contributed by atoms with Gasteiger partial charge in [-0.1, -0.05) is 0 Å². The molecule has 0 radical (unpaired) electrons. The molecule has 1 aliphatic heterocycles. The second-order valence-corrected chi connectivity index (χ2v) is 4.45. The fraction of sp³-hybridized carbons (Fsp3) is 0.500. The summed E-state index contributed by atoms with van der Waals surface area (Å²) in [4.78, 5) is 27.2. The molecule has 0 aromatic carbocycles. The number of carbonyl (C=O) groups excluding carboxylic acids is 1. The van der Waals surface area contributed by atoms with Gasteiger partial charge in [-0.3, -0.25) is 10.1 Å². The summed E-state index contributed by atoms with van der Waals surface area (Å²) >= 11 is 0. The lowest BCUT2D eigenvalue weighted by atomic mass is 9.86. The lowest BCUT2D eigenvalue weighted by molar-refractivity contribution is -0.226. The molecule has 2 N–H and O–H groups in total. The van der Waals surface area contributed by atoms with Crippen LogP contribution >= 0.6 is 0 Å².